The third kappa shape index (κ3) is 2.11. The molecule has 0 saturated heterocycles. The topological polar surface area (TPSA) is 124 Å². The van der Waals surface area contributed by atoms with Crippen LogP contribution in [0.2, 0.25) is 0 Å². The Morgan fingerprint density at radius 1 is 1.53 bits per heavy atom. The third-order valence-electron chi connectivity index (χ3n) is 1.53. The van der Waals surface area contributed by atoms with Crippen molar-refractivity contribution in [3.05, 3.63) is 11.0 Å². The van der Waals surface area contributed by atoms with E-state index in [2.05, 4.69) is 19.9 Å². The first kappa shape index (κ1) is 10.0. The van der Waals surface area contributed by atoms with Crippen LogP contribution in [0.25, 0.3) is 11.2 Å². The van der Waals surface area contributed by atoms with Crippen molar-refractivity contribution in [3.63, 3.8) is 0 Å². The van der Waals surface area contributed by atoms with Crippen LogP contribution in [0.4, 0.5) is 5.95 Å². The van der Waals surface area contributed by atoms with E-state index in [1.54, 1.807) is 4.72 Å². The zero-order valence-corrected chi connectivity index (χ0v) is 8.68. The Labute approximate surface area is 88.7 Å². The maximum absolute atomic E-state index is 10.5. The van der Waals surface area contributed by atoms with Crippen molar-refractivity contribution in [2.45, 2.75) is 0 Å². The van der Waals surface area contributed by atoms with Crippen LogP contribution >= 0.6 is 12.2 Å². The number of nitrogens with one attached hydrogen (secondary N) is 3. The summed E-state index contributed by atoms with van der Waals surface area (Å²) in [5, 5.41) is 0. The number of anilines is 1. The number of aromatic nitrogens is 4. The Hall–Kier alpha value is -1.52. The van der Waals surface area contributed by atoms with Gasteiger partial charge in [-0.2, -0.15) is 8.42 Å². The highest BCUT2D eigenvalue weighted by atomic mass is 32.2. The fraction of sp³-hybridized carbons (Fsp3) is 0. The summed E-state index contributed by atoms with van der Waals surface area (Å²) in [6, 6.07) is 0. The van der Waals surface area contributed by atoms with Crippen LogP contribution < -0.4 is 4.72 Å². The smallest absolute Gasteiger partial charge is 0.341 e. The molecule has 2 aromatic rings. The molecule has 0 fully saturated rings. The lowest BCUT2D eigenvalue weighted by molar-refractivity contribution is 0.489. The summed E-state index contributed by atoms with van der Waals surface area (Å²) in [5.74, 6) is -0.192. The Morgan fingerprint density at radius 2 is 2.27 bits per heavy atom. The van der Waals surface area contributed by atoms with Gasteiger partial charge < -0.3 is 9.97 Å². The molecule has 2 heterocycles. The van der Waals surface area contributed by atoms with Gasteiger partial charge in [-0.1, -0.05) is 12.2 Å². The predicted octanol–water partition coefficient (Wildman–Crippen LogP) is 0.230. The molecule has 80 valence electrons. The second-order valence-corrected chi connectivity index (χ2v) is 4.13. The average molecular weight is 247 g/mol. The fourth-order valence-corrected chi connectivity index (χ4v) is 1.61. The molecule has 10 heteroatoms. The second kappa shape index (κ2) is 3.25. The van der Waals surface area contributed by atoms with Gasteiger partial charge in [0.25, 0.3) is 0 Å². The zero-order chi connectivity index (χ0) is 11.1. The normalized spacial score (nSPS) is 11.8. The molecule has 2 rings (SSSR count). The van der Waals surface area contributed by atoms with E-state index in [4.69, 9.17) is 16.8 Å². The maximum Gasteiger partial charge on any atom is 0.359 e. The number of rotatable bonds is 2. The zero-order valence-electron chi connectivity index (χ0n) is 7.05. The molecule has 0 unspecified atom stereocenters. The molecule has 0 radical (unpaired) electrons. The number of nitrogens with zero attached hydrogens (tertiary/aromatic N) is 2. The number of hydrogen-bond acceptors (Lipinski definition) is 5. The van der Waals surface area contributed by atoms with Crippen LogP contribution in [0.1, 0.15) is 0 Å². The second-order valence-electron chi connectivity index (χ2n) is 2.59. The van der Waals surface area contributed by atoms with E-state index in [9.17, 15) is 8.42 Å². The number of fused-ring (bicyclic) bond motifs is 1. The van der Waals surface area contributed by atoms with Crippen molar-refractivity contribution in [2.24, 2.45) is 0 Å². The van der Waals surface area contributed by atoms with E-state index >= 15 is 0 Å². The molecule has 0 aromatic carbocycles. The fourth-order valence-electron chi connectivity index (χ4n) is 1.02. The summed E-state index contributed by atoms with van der Waals surface area (Å²) in [5.41, 5.74) is 0.840. The van der Waals surface area contributed by atoms with Gasteiger partial charge in [-0.15, -0.1) is 0 Å². The number of aromatic amines is 2. The minimum Gasteiger partial charge on any atom is -0.341 e. The Kier molecular flexibility index (Phi) is 2.17. The van der Waals surface area contributed by atoms with Gasteiger partial charge in [0, 0.05) is 0 Å². The summed E-state index contributed by atoms with van der Waals surface area (Å²) in [7, 11) is -4.37. The minimum absolute atomic E-state index is 0.146. The van der Waals surface area contributed by atoms with Crippen molar-refractivity contribution in [1.82, 2.24) is 19.9 Å². The molecular formula is C5H5N5O3S2. The summed E-state index contributed by atoms with van der Waals surface area (Å²) in [4.78, 5) is 12.8. The van der Waals surface area contributed by atoms with Crippen LogP contribution in [0.5, 0.6) is 0 Å². The van der Waals surface area contributed by atoms with Gasteiger partial charge in [0.05, 0.1) is 6.33 Å². The van der Waals surface area contributed by atoms with E-state index in [0.717, 1.165) is 0 Å². The standard InChI is InChI=1S/C5H5N5O3S2/c11-15(12,13)10-5-8-3-2(4(14)9-5)6-1-7-3/h1H,(H,11,12,13)(H3,6,7,8,9,10,14). The van der Waals surface area contributed by atoms with E-state index < -0.39 is 10.3 Å². The first-order valence-electron chi connectivity index (χ1n) is 3.64. The van der Waals surface area contributed by atoms with Gasteiger partial charge in [0.15, 0.2) is 10.3 Å². The molecule has 0 aliphatic heterocycles. The molecule has 2 aromatic heterocycles. The van der Waals surface area contributed by atoms with Crippen LogP contribution in [-0.4, -0.2) is 32.9 Å². The van der Waals surface area contributed by atoms with Gasteiger partial charge in [-0.3, -0.25) is 4.55 Å². The number of imidazole rings is 1. The molecule has 0 aliphatic carbocycles. The van der Waals surface area contributed by atoms with Gasteiger partial charge in [-0.05, 0) is 0 Å². The monoisotopic (exact) mass is 247 g/mol. The van der Waals surface area contributed by atoms with Crippen molar-refractivity contribution in [2.75, 3.05) is 4.72 Å². The van der Waals surface area contributed by atoms with Crippen molar-refractivity contribution in [1.29, 1.82) is 0 Å². The van der Waals surface area contributed by atoms with Crippen molar-refractivity contribution < 1.29 is 13.0 Å². The van der Waals surface area contributed by atoms with Crippen LogP contribution in [0.3, 0.4) is 0 Å². The first-order chi connectivity index (χ1) is 6.96. The molecule has 15 heavy (non-hydrogen) atoms. The highest BCUT2D eigenvalue weighted by Crippen LogP contribution is 2.10. The van der Waals surface area contributed by atoms with E-state index in [1.165, 1.54) is 6.33 Å². The molecule has 0 bridgehead atoms. The summed E-state index contributed by atoms with van der Waals surface area (Å²) < 4.78 is 31.4. The van der Waals surface area contributed by atoms with Crippen molar-refractivity contribution in [3.8, 4) is 0 Å². The Morgan fingerprint density at radius 3 is 2.93 bits per heavy atom. The molecule has 0 spiro atoms. The lowest BCUT2D eigenvalue weighted by Crippen LogP contribution is -2.13. The molecule has 0 aliphatic rings. The third-order valence-corrected chi connectivity index (χ3v) is 2.28. The van der Waals surface area contributed by atoms with Gasteiger partial charge in [0.2, 0.25) is 5.95 Å². The first-order valence-corrected chi connectivity index (χ1v) is 5.49. The number of H-pyrrole nitrogens is 2. The highest BCUT2D eigenvalue weighted by Gasteiger charge is 2.08. The summed E-state index contributed by atoms with van der Waals surface area (Å²) >= 11 is 4.87. The Balaban J connectivity index is 2.59. The molecule has 0 amide bonds. The molecule has 0 atom stereocenters. The van der Waals surface area contributed by atoms with E-state index in [0.29, 0.717) is 11.2 Å². The lowest BCUT2D eigenvalue weighted by Gasteiger charge is -2.00. The van der Waals surface area contributed by atoms with Gasteiger partial charge in [-0.25, -0.2) is 14.7 Å². The average Bonchev–Trinajstić information content (AvgIpc) is 2.48. The maximum atomic E-state index is 10.5. The number of hydrogen-bond donors (Lipinski definition) is 4. The Bertz CT molecular complexity index is 657. The van der Waals surface area contributed by atoms with E-state index in [-0.39, 0.29) is 10.6 Å². The molecule has 0 saturated carbocycles. The van der Waals surface area contributed by atoms with E-state index in [1.807, 2.05) is 0 Å². The quantitative estimate of drug-likeness (QED) is 0.445. The molecular weight excluding hydrogens is 242 g/mol. The van der Waals surface area contributed by atoms with Crippen LogP contribution in [0.15, 0.2) is 6.33 Å². The SMILES string of the molecule is O=S(=O)(O)Nc1nc(=S)c2[nH]cnc2[nH]1. The minimum atomic E-state index is -4.37. The molecule has 4 N–H and O–H groups in total. The highest BCUT2D eigenvalue weighted by molar-refractivity contribution is 7.87. The van der Waals surface area contributed by atoms with Crippen LogP contribution in [0, 0.1) is 4.64 Å². The predicted molar refractivity (Wildman–Crippen MR) is 54.2 cm³/mol. The summed E-state index contributed by atoms with van der Waals surface area (Å²) in [6.45, 7) is 0. The largest absolute Gasteiger partial charge is 0.359 e. The van der Waals surface area contributed by atoms with Crippen LogP contribution in [-0.2, 0) is 10.3 Å². The summed E-state index contributed by atoms with van der Waals surface area (Å²) in [6.07, 6.45) is 1.38. The lowest BCUT2D eigenvalue weighted by atomic mass is 10.6. The van der Waals surface area contributed by atoms with Gasteiger partial charge >= 0.3 is 10.3 Å². The van der Waals surface area contributed by atoms with Gasteiger partial charge in [0.1, 0.15) is 5.52 Å². The van der Waals surface area contributed by atoms with Crippen molar-refractivity contribution >= 4 is 39.6 Å². The molecule has 8 nitrogen and oxygen atoms in total.